The molecular weight excluding hydrogens is 402 g/mol. The number of rotatable bonds is 7. The zero-order valence-electron chi connectivity index (χ0n) is 17.5. The Hall–Kier alpha value is -3.24. The van der Waals surface area contributed by atoms with Gasteiger partial charge in [0.25, 0.3) is 0 Å². The van der Waals surface area contributed by atoms with Crippen LogP contribution in [0.2, 0.25) is 0 Å². The van der Waals surface area contributed by atoms with Crippen LogP contribution in [0.1, 0.15) is 41.3 Å². The van der Waals surface area contributed by atoms with Crippen LogP contribution >= 0.6 is 12.2 Å². The minimum absolute atomic E-state index is 0.317. The Kier molecular flexibility index (Phi) is 6.28. The van der Waals surface area contributed by atoms with Gasteiger partial charge in [-0.3, -0.25) is 0 Å². The van der Waals surface area contributed by atoms with Crippen molar-refractivity contribution >= 4 is 29.1 Å². The molecule has 1 N–H and O–H groups in total. The predicted octanol–water partition coefficient (Wildman–Crippen LogP) is 7.13. The van der Waals surface area contributed by atoms with Crippen molar-refractivity contribution in [3.63, 3.8) is 0 Å². The van der Waals surface area contributed by atoms with Crippen LogP contribution < -0.4 is 0 Å². The summed E-state index contributed by atoms with van der Waals surface area (Å²) in [5.74, 6) is -0.912. The molecule has 1 heterocycles. The van der Waals surface area contributed by atoms with Crippen molar-refractivity contribution in [3.05, 3.63) is 100 Å². The molecule has 0 aliphatic heterocycles. The number of aromatic carboxylic acids is 1. The highest BCUT2D eigenvalue weighted by Gasteiger charge is 2.11. The summed E-state index contributed by atoms with van der Waals surface area (Å²) in [7, 11) is 0. The third kappa shape index (κ3) is 4.44. The number of aryl methyl sites for hydroxylation is 1. The highest BCUT2D eigenvalue weighted by atomic mass is 32.1. The SMILES string of the molecule is CCCCc1cn(Cc2ccc(-c3ccccc3C(=O)O)cc2)c2ccccc2c1=S. The maximum atomic E-state index is 11.6. The second-order valence-corrected chi connectivity index (χ2v) is 8.19. The number of nitrogens with zero attached hydrogens (tertiary/aromatic N) is 1. The molecule has 1 aromatic heterocycles. The Bertz CT molecular complexity index is 1290. The minimum Gasteiger partial charge on any atom is -0.478 e. The first-order valence-electron chi connectivity index (χ1n) is 10.6. The number of para-hydroxylation sites is 1. The lowest BCUT2D eigenvalue weighted by molar-refractivity contribution is 0.0697. The first kappa shape index (κ1) is 21.0. The van der Waals surface area contributed by atoms with E-state index in [1.807, 2.05) is 36.4 Å². The van der Waals surface area contributed by atoms with E-state index in [9.17, 15) is 9.90 Å². The summed E-state index contributed by atoms with van der Waals surface area (Å²) in [4.78, 5) is 11.6. The summed E-state index contributed by atoms with van der Waals surface area (Å²) < 4.78 is 3.23. The van der Waals surface area contributed by atoms with E-state index in [-0.39, 0.29) is 0 Å². The summed E-state index contributed by atoms with van der Waals surface area (Å²) in [5.41, 5.74) is 5.47. The van der Waals surface area contributed by atoms with Crippen molar-refractivity contribution in [2.24, 2.45) is 0 Å². The van der Waals surface area contributed by atoms with Crippen LogP contribution in [0.15, 0.2) is 79.0 Å². The number of carbonyl (C=O) groups is 1. The zero-order chi connectivity index (χ0) is 21.8. The van der Waals surface area contributed by atoms with E-state index in [4.69, 9.17) is 12.2 Å². The molecule has 0 atom stereocenters. The average molecular weight is 428 g/mol. The van der Waals surface area contributed by atoms with Crippen LogP contribution in [0.4, 0.5) is 0 Å². The lowest BCUT2D eigenvalue weighted by atomic mass is 9.98. The van der Waals surface area contributed by atoms with Crippen molar-refractivity contribution < 1.29 is 9.90 Å². The quantitative estimate of drug-likeness (QED) is 0.319. The molecule has 0 amide bonds. The molecule has 0 fully saturated rings. The second kappa shape index (κ2) is 9.27. The van der Waals surface area contributed by atoms with E-state index in [0.717, 1.165) is 57.9 Å². The molecule has 4 rings (SSSR count). The highest BCUT2D eigenvalue weighted by molar-refractivity contribution is 7.71. The van der Waals surface area contributed by atoms with E-state index in [2.05, 4.69) is 42.0 Å². The monoisotopic (exact) mass is 427 g/mol. The number of benzene rings is 3. The largest absolute Gasteiger partial charge is 0.478 e. The summed E-state index contributed by atoms with van der Waals surface area (Å²) in [6, 6.07) is 23.6. The predicted molar refractivity (Wildman–Crippen MR) is 129 cm³/mol. The Morgan fingerprint density at radius 3 is 2.42 bits per heavy atom. The van der Waals surface area contributed by atoms with E-state index in [0.29, 0.717) is 5.56 Å². The van der Waals surface area contributed by atoms with Gasteiger partial charge in [0.05, 0.1) is 10.1 Å². The van der Waals surface area contributed by atoms with E-state index < -0.39 is 5.97 Å². The topological polar surface area (TPSA) is 42.2 Å². The fourth-order valence-electron chi connectivity index (χ4n) is 3.99. The smallest absolute Gasteiger partial charge is 0.336 e. The Balaban J connectivity index is 1.69. The summed E-state index contributed by atoms with van der Waals surface area (Å²) >= 11 is 5.77. The molecular formula is C27H25NO2S. The third-order valence-electron chi connectivity index (χ3n) is 5.64. The van der Waals surface area contributed by atoms with E-state index in [1.54, 1.807) is 12.1 Å². The number of fused-ring (bicyclic) bond motifs is 1. The Morgan fingerprint density at radius 2 is 1.68 bits per heavy atom. The van der Waals surface area contributed by atoms with Crippen molar-refractivity contribution in [2.45, 2.75) is 32.7 Å². The second-order valence-electron chi connectivity index (χ2n) is 7.78. The van der Waals surface area contributed by atoms with Crippen molar-refractivity contribution in [3.8, 4) is 11.1 Å². The van der Waals surface area contributed by atoms with Gasteiger partial charge >= 0.3 is 5.97 Å². The fourth-order valence-corrected chi connectivity index (χ4v) is 4.32. The molecule has 0 aliphatic carbocycles. The van der Waals surface area contributed by atoms with Gasteiger partial charge < -0.3 is 9.67 Å². The molecule has 0 radical (unpaired) electrons. The van der Waals surface area contributed by atoms with Gasteiger partial charge in [0.1, 0.15) is 0 Å². The van der Waals surface area contributed by atoms with Gasteiger partial charge in [0.2, 0.25) is 0 Å². The molecule has 156 valence electrons. The number of hydrogen-bond acceptors (Lipinski definition) is 2. The van der Waals surface area contributed by atoms with Gasteiger partial charge in [-0.25, -0.2) is 4.79 Å². The first-order chi connectivity index (χ1) is 15.1. The summed E-state index contributed by atoms with van der Waals surface area (Å²) in [6.07, 6.45) is 5.46. The van der Waals surface area contributed by atoms with Crippen LogP contribution in [-0.4, -0.2) is 15.6 Å². The van der Waals surface area contributed by atoms with Crippen molar-refractivity contribution in [2.75, 3.05) is 0 Å². The maximum Gasteiger partial charge on any atom is 0.336 e. The zero-order valence-corrected chi connectivity index (χ0v) is 18.4. The molecule has 0 spiro atoms. The summed E-state index contributed by atoms with van der Waals surface area (Å²) in [5, 5.41) is 10.6. The van der Waals surface area contributed by atoms with Gasteiger partial charge in [0, 0.05) is 23.6 Å². The number of unbranched alkanes of at least 4 members (excludes halogenated alkanes) is 1. The van der Waals surface area contributed by atoms with Gasteiger partial charge in [-0.15, -0.1) is 0 Å². The number of pyridine rings is 1. The molecule has 0 aliphatic rings. The molecule has 4 heteroatoms. The van der Waals surface area contributed by atoms with Gasteiger partial charge in [0.15, 0.2) is 0 Å². The molecule has 4 aromatic rings. The van der Waals surface area contributed by atoms with Gasteiger partial charge in [-0.1, -0.05) is 86.2 Å². The van der Waals surface area contributed by atoms with Crippen LogP contribution in [-0.2, 0) is 13.0 Å². The first-order valence-corrected chi connectivity index (χ1v) is 11.0. The number of hydrogen-bond donors (Lipinski definition) is 1. The third-order valence-corrected chi connectivity index (χ3v) is 6.12. The molecule has 0 saturated heterocycles. The van der Waals surface area contributed by atoms with Gasteiger partial charge in [-0.05, 0) is 47.2 Å². The van der Waals surface area contributed by atoms with Gasteiger partial charge in [-0.2, -0.15) is 0 Å². The standard InChI is InChI=1S/C27H25NO2S/c1-2-3-8-21-18-28(25-12-7-6-11-24(25)26(21)31)17-19-13-15-20(16-14-19)22-9-4-5-10-23(22)27(29)30/h4-7,9-16,18H,2-3,8,17H2,1H3,(H,29,30). The van der Waals surface area contributed by atoms with Crippen LogP contribution in [0.3, 0.4) is 0 Å². The fraction of sp³-hybridized carbons (Fsp3) is 0.185. The number of carboxylic acid groups (broad SMARTS) is 1. The van der Waals surface area contributed by atoms with Crippen molar-refractivity contribution in [1.29, 1.82) is 0 Å². The minimum atomic E-state index is -0.912. The molecule has 0 unspecified atom stereocenters. The summed E-state index contributed by atoms with van der Waals surface area (Å²) in [6.45, 7) is 2.93. The van der Waals surface area contributed by atoms with E-state index in [1.165, 1.54) is 5.56 Å². The number of aromatic nitrogens is 1. The normalized spacial score (nSPS) is 11.0. The number of carboxylic acids is 1. The molecule has 3 aromatic carbocycles. The Morgan fingerprint density at radius 1 is 0.968 bits per heavy atom. The lowest BCUT2D eigenvalue weighted by Gasteiger charge is -2.15. The molecule has 0 saturated carbocycles. The molecule has 31 heavy (non-hydrogen) atoms. The average Bonchev–Trinajstić information content (AvgIpc) is 2.80. The van der Waals surface area contributed by atoms with Crippen LogP contribution in [0, 0.1) is 4.51 Å². The highest BCUT2D eigenvalue weighted by Crippen LogP contribution is 2.26. The lowest BCUT2D eigenvalue weighted by Crippen LogP contribution is -2.05. The maximum absolute atomic E-state index is 11.6. The van der Waals surface area contributed by atoms with Crippen LogP contribution in [0.25, 0.3) is 22.0 Å². The molecule has 3 nitrogen and oxygen atoms in total. The van der Waals surface area contributed by atoms with E-state index >= 15 is 0 Å². The van der Waals surface area contributed by atoms with Crippen LogP contribution in [0.5, 0.6) is 0 Å². The van der Waals surface area contributed by atoms with Crippen molar-refractivity contribution in [1.82, 2.24) is 4.57 Å². The Labute approximate surface area is 187 Å². The molecule has 0 bridgehead atoms.